The molecule has 10 heteroatoms. The molecule has 1 unspecified atom stereocenters. The molecule has 1 aliphatic heterocycles. The van der Waals surface area contributed by atoms with E-state index >= 15 is 0 Å². The molecule has 2 rings (SSSR count). The molecule has 0 fully saturated rings. The lowest BCUT2D eigenvalue weighted by atomic mass is 9.94. The van der Waals surface area contributed by atoms with E-state index in [1.165, 1.54) is 0 Å². The van der Waals surface area contributed by atoms with Crippen LogP contribution in [-0.4, -0.2) is 57.9 Å². The van der Waals surface area contributed by atoms with Crippen LogP contribution in [0.3, 0.4) is 0 Å². The molecule has 43 heavy (non-hydrogen) atoms. The van der Waals surface area contributed by atoms with Crippen molar-refractivity contribution in [3.63, 3.8) is 0 Å². The van der Waals surface area contributed by atoms with Crippen LogP contribution < -0.4 is 10.2 Å². The zero-order chi connectivity index (χ0) is 33.4. The van der Waals surface area contributed by atoms with E-state index in [1.807, 2.05) is 66.7 Å². The van der Waals surface area contributed by atoms with Gasteiger partial charge in [0.05, 0.1) is 6.61 Å². The molecule has 1 atom stereocenters. The summed E-state index contributed by atoms with van der Waals surface area (Å²) in [6, 6.07) is 5.67. The first-order chi connectivity index (χ1) is 20.5. The quantitative estimate of drug-likeness (QED) is 0.0907. The van der Waals surface area contributed by atoms with Crippen LogP contribution in [0.4, 0.5) is 0 Å². The van der Waals surface area contributed by atoms with Gasteiger partial charge in [0.1, 0.15) is 25.2 Å². The van der Waals surface area contributed by atoms with Crippen LogP contribution in [0.2, 0.25) is 0 Å². The number of benzene rings is 1. The van der Waals surface area contributed by atoms with Crippen molar-refractivity contribution in [2.24, 2.45) is 0 Å². The highest BCUT2D eigenvalue weighted by Crippen LogP contribution is 2.48. The van der Waals surface area contributed by atoms with Gasteiger partial charge in [-0.2, -0.15) is 0 Å². The van der Waals surface area contributed by atoms with Gasteiger partial charge in [-0.3, -0.25) is 14.4 Å². The Morgan fingerprint density at radius 3 is 2.28 bits per heavy atom. The number of hydrogen-bond donors (Lipinski definition) is 3. The maximum Gasteiger partial charge on any atom is 0.320 e. The first-order valence-electron chi connectivity index (χ1n) is 14.8. The summed E-state index contributed by atoms with van der Waals surface area (Å²) >= 11 is 0. The van der Waals surface area contributed by atoms with Crippen LogP contribution in [0.25, 0.3) is 0 Å². The molecule has 0 spiro atoms. The number of phenols is 1. The molecule has 244 valence electrons. The zero-order valence-corrected chi connectivity index (χ0v) is 28.8. The van der Waals surface area contributed by atoms with E-state index in [4.69, 9.17) is 9.47 Å². The summed E-state index contributed by atoms with van der Waals surface area (Å²) in [6.45, 7) is 20.6. The Kier molecular flexibility index (Phi) is 24.0. The highest BCUT2D eigenvalue weighted by atomic mass is 31.2. The van der Waals surface area contributed by atoms with Gasteiger partial charge < -0.3 is 24.1 Å². The first kappa shape index (κ1) is 42.2. The maximum absolute atomic E-state index is 13.2. The van der Waals surface area contributed by atoms with E-state index in [1.54, 1.807) is 39.3 Å². The molecule has 0 saturated carbocycles. The van der Waals surface area contributed by atoms with Gasteiger partial charge in [0.2, 0.25) is 0 Å². The fourth-order valence-corrected chi connectivity index (χ4v) is 4.85. The van der Waals surface area contributed by atoms with Gasteiger partial charge in [0.15, 0.2) is 5.50 Å². The monoisotopic (exact) mass is 622 g/mol. The summed E-state index contributed by atoms with van der Waals surface area (Å²) in [5.74, 6) is 0.0274. The maximum atomic E-state index is 13.2. The van der Waals surface area contributed by atoms with Crippen molar-refractivity contribution in [1.29, 1.82) is 0 Å². The van der Waals surface area contributed by atoms with E-state index in [0.29, 0.717) is 18.6 Å². The van der Waals surface area contributed by atoms with E-state index in [-0.39, 0.29) is 31.2 Å². The Balaban J connectivity index is 0. The fraction of sp³-hybridized carbons (Fsp3) is 0.515. The Morgan fingerprint density at radius 1 is 1.21 bits per heavy atom. The van der Waals surface area contributed by atoms with Gasteiger partial charge in [0.25, 0.3) is 7.44 Å². The molecule has 1 aromatic rings. The number of allylic oxidation sites excluding steroid dienone is 4. The van der Waals surface area contributed by atoms with Gasteiger partial charge >= 0.3 is 5.97 Å². The molecule has 0 aromatic heterocycles. The van der Waals surface area contributed by atoms with Gasteiger partial charge in [-0.05, 0) is 80.1 Å². The zero-order valence-electron chi connectivity index (χ0n) is 27.9. The standard InChI is InChI=1S/C25H35N2O5P.C3H8O.C3H6O.C2H6/c1-7-18(5)21(11-19-9-10-23(28)22(13-19)17(3)4)12-20-14-25(32-16-20)33(30,26-6)27-15-24(29)31-8-2;1-3-4-2;1-2-3-4;1-2/h7,9-10,12-14,17,28H,1,8,11,15-16H2,2-6H3,(H2,26,27,30);3H2,1-2H3;3H,2H2,1H3;1-2H3/b20-12-,21-18-;;;. The Bertz CT molecular complexity index is 1120. The molecular weight excluding hydrogens is 567 g/mol. The number of carbonyl (C=O) groups excluding carboxylic acids is 2. The predicted octanol–water partition coefficient (Wildman–Crippen LogP) is 7.20. The number of carbonyl (C=O) groups is 2. The average Bonchev–Trinajstić information content (AvgIpc) is 3.50. The van der Waals surface area contributed by atoms with Gasteiger partial charge in [-0.25, -0.2) is 5.09 Å². The number of aromatic hydroxyl groups is 1. The van der Waals surface area contributed by atoms with Crippen LogP contribution >= 0.6 is 7.44 Å². The number of nitrogens with one attached hydrogen (secondary N) is 2. The third-order valence-electron chi connectivity index (χ3n) is 5.81. The number of phenolic OH excluding ortho intramolecular Hbond substituents is 1. The second kappa shape index (κ2) is 24.5. The third-order valence-corrected chi connectivity index (χ3v) is 7.92. The SMILES string of the molecule is C=C/C(C)=C(\C=C1\C=C(P(=O)(NC)NCC(=O)OCC)OC1)Cc1ccc(O)c(C(C)C)c1.CC.CCC=O.CCOC. The highest BCUT2D eigenvalue weighted by Gasteiger charge is 2.31. The molecule has 9 nitrogen and oxygen atoms in total. The molecule has 1 aromatic carbocycles. The summed E-state index contributed by atoms with van der Waals surface area (Å²) in [7, 11) is -0.0620. The molecule has 3 N–H and O–H groups in total. The lowest BCUT2D eigenvalue weighted by molar-refractivity contribution is -0.141. The summed E-state index contributed by atoms with van der Waals surface area (Å²) in [5.41, 5.74) is 5.16. The van der Waals surface area contributed by atoms with Crippen molar-refractivity contribution < 1.29 is 33.5 Å². The lowest BCUT2D eigenvalue weighted by Gasteiger charge is -2.18. The number of hydrogen-bond acceptors (Lipinski definition) is 7. The lowest BCUT2D eigenvalue weighted by Crippen LogP contribution is -2.27. The van der Waals surface area contributed by atoms with Crippen LogP contribution in [-0.2, 0) is 34.8 Å². The smallest absolute Gasteiger partial charge is 0.320 e. The molecule has 0 saturated heterocycles. The van der Waals surface area contributed by atoms with Crippen molar-refractivity contribution in [2.75, 3.05) is 40.5 Å². The fourth-order valence-electron chi connectivity index (χ4n) is 3.37. The topological polar surface area (TPSA) is 123 Å². The van der Waals surface area contributed by atoms with Crippen LogP contribution in [0, 0.1) is 0 Å². The normalized spacial score (nSPS) is 14.7. The molecule has 0 bridgehead atoms. The molecule has 0 amide bonds. The van der Waals surface area contributed by atoms with Gasteiger partial charge in [-0.1, -0.05) is 65.5 Å². The molecule has 1 aliphatic rings. The van der Waals surface area contributed by atoms with Crippen molar-refractivity contribution in [3.8, 4) is 5.75 Å². The average molecular weight is 623 g/mol. The number of ether oxygens (including phenoxy) is 3. The number of esters is 1. The second-order valence-corrected chi connectivity index (χ2v) is 11.7. The van der Waals surface area contributed by atoms with Gasteiger partial charge in [-0.15, -0.1) is 0 Å². The van der Waals surface area contributed by atoms with E-state index in [0.717, 1.165) is 40.7 Å². The minimum atomic E-state index is -3.29. The molecule has 1 heterocycles. The van der Waals surface area contributed by atoms with Crippen molar-refractivity contribution in [1.82, 2.24) is 10.2 Å². The number of rotatable bonds is 13. The minimum Gasteiger partial charge on any atom is -0.508 e. The summed E-state index contributed by atoms with van der Waals surface area (Å²) in [6.07, 6.45) is 7.71. The van der Waals surface area contributed by atoms with Gasteiger partial charge in [0, 0.05) is 20.1 Å². The Labute approximate surface area is 259 Å². The first-order valence-corrected chi connectivity index (χ1v) is 16.5. The third kappa shape index (κ3) is 16.5. The van der Waals surface area contributed by atoms with Crippen LogP contribution in [0.5, 0.6) is 5.75 Å². The highest BCUT2D eigenvalue weighted by molar-refractivity contribution is 7.64. The summed E-state index contributed by atoms with van der Waals surface area (Å²) < 4.78 is 28.4. The van der Waals surface area contributed by atoms with E-state index in [9.17, 15) is 19.3 Å². The summed E-state index contributed by atoms with van der Waals surface area (Å²) in [5, 5.41) is 15.6. The second-order valence-electron chi connectivity index (χ2n) is 9.25. The largest absolute Gasteiger partial charge is 0.508 e. The Morgan fingerprint density at radius 2 is 1.81 bits per heavy atom. The predicted molar refractivity (Wildman–Crippen MR) is 177 cm³/mol. The van der Waals surface area contributed by atoms with Crippen LogP contribution in [0.15, 0.2) is 65.2 Å². The van der Waals surface area contributed by atoms with Crippen molar-refractivity contribution in [2.45, 2.75) is 74.1 Å². The van der Waals surface area contributed by atoms with Crippen LogP contribution in [0.1, 0.15) is 78.9 Å². The van der Waals surface area contributed by atoms with Crippen molar-refractivity contribution >= 4 is 19.7 Å². The van der Waals surface area contributed by atoms with Crippen molar-refractivity contribution in [3.05, 3.63) is 76.4 Å². The molecule has 0 aliphatic carbocycles. The van der Waals surface area contributed by atoms with E-state index < -0.39 is 13.4 Å². The number of aldehydes is 1. The molecule has 0 radical (unpaired) electrons. The minimum absolute atomic E-state index is 0.189. The molecular formula is C33H55N2O7P. The number of methoxy groups -OCH3 is 1. The Hall–Kier alpha value is -2.97. The van der Waals surface area contributed by atoms with E-state index in [2.05, 4.69) is 21.5 Å². The summed E-state index contributed by atoms with van der Waals surface area (Å²) in [4.78, 5) is 20.8.